The summed E-state index contributed by atoms with van der Waals surface area (Å²) in [5, 5.41) is 2.92. The Morgan fingerprint density at radius 3 is 1.75 bits per heavy atom. The second kappa shape index (κ2) is 8.25. The zero-order chi connectivity index (χ0) is 18.4. The molecule has 0 aromatic heterocycles. The van der Waals surface area contributed by atoms with E-state index < -0.39 is 37.7 Å². The molecule has 1 rings (SSSR count). The Bertz CT molecular complexity index is 732. The van der Waals surface area contributed by atoms with E-state index in [9.17, 15) is 30.0 Å². The monoisotopic (exact) mass is 389 g/mol. The van der Waals surface area contributed by atoms with Gasteiger partial charge in [0.15, 0.2) is 0 Å². The molecule has 0 unspecified atom stereocenters. The quantitative estimate of drug-likeness (QED) is 0.531. The van der Waals surface area contributed by atoms with Crippen LogP contribution in [0.4, 0.5) is 13.2 Å². The van der Waals surface area contributed by atoms with Gasteiger partial charge in [-0.2, -0.15) is 13.2 Å². The average Bonchev–Trinajstić information content (AvgIpc) is 2.49. The maximum absolute atomic E-state index is 12.1. The lowest BCUT2D eigenvalue weighted by Gasteiger charge is -2.10. The first-order chi connectivity index (χ1) is 11.0. The molecule has 0 saturated heterocycles. The molecule has 0 aliphatic carbocycles. The van der Waals surface area contributed by atoms with E-state index in [0.29, 0.717) is 13.1 Å². The van der Waals surface area contributed by atoms with E-state index >= 15 is 0 Å². The molecule has 0 amide bonds. The van der Waals surface area contributed by atoms with Crippen LogP contribution in [-0.4, -0.2) is 49.2 Å². The maximum atomic E-state index is 12.1. The summed E-state index contributed by atoms with van der Waals surface area (Å²) in [6.07, 6.45) is -4.69. The molecule has 0 atom stereocenters. The predicted molar refractivity (Wildman–Crippen MR) is 81.4 cm³/mol. The van der Waals surface area contributed by atoms with Crippen LogP contribution in [0.2, 0.25) is 0 Å². The van der Waals surface area contributed by atoms with Gasteiger partial charge in [-0.15, -0.1) is 0 Å². The number of hydrogen-bond acceptors (Lipinski definition) is 5. The van der Waals surface area contributed by atoms with Crippen LogP contribution in [0.15, 0.2) is 34.1 Å². The van der Waals surface area contributed by atoms with E-state index in [0.717, 1.165) is 24.3 Å². The van der Waals surface area contributed by atoms with Crippen LogP contribution in [0.1, 0.15) is 6.92 Å². The number of hydrogen-bond donors (Lipinski definition) is 3. The van der Waals surface area contributed by atoms with Crippen molar-refractivity contribution in [3.63, 3.8) is 0 Å². The third kappa shape index (κ3) is 6.73. The number of sulfonamides is 2. The molecular formula is C12H18F3N3O4S2. The Balaban J connectivity index is 2.81. The van der Waals surface area contributed by atoms with E-state index in [2.05, 4.69) is 10.0 Å². The zero-order valence-corrected chi connectivity index (χ0v) is 14.4. The van der Waals surface area contributed by atoms with Crippen molar-refractivity contribution in [2.24, 2.45) is 0 Å². The third-order valence-corrected chi connectivity index (χ3v) is 5.64. The van der Waals surface area contributed by atoms with Gasteiger partial charge in [0.1, 0.15) is 6.54 Å². The molecule has 0 saturated carbocycles. The van der Waals surface area contributed by atoms with Gasteiger partial charge in [0.25, 0.3) is 0 Å². The molecule has 1 aromatic rings. The first-order valence-electron chi connectivity index (χ1n) is 6.85. The van der Waals surface area contributed by atoms with Gasteiger partial charge in [0.05, 0.1) is 9.79 Å². The van der Waals surface area contributed by atoms with E-state index in [4.69, 9.17) is 0 Å². The molecule has 0 radical (unpaired) electrons. The van der Waals surface area contributed by atoms with Gasteiger partial charge in [-0.3, -0.25) is 0 Å². The summed E-state index contributed by atoms with van der Waals surface area (Å²) in [5.41, 5.74) is 0. The Morgan fingerprint density at radius 2 is 1.33 bits per heavy atom. The fraction of sp³-hybridized carbons (Fsp3) is 0.500. The highest BCUT2D eigenvalue weighted by Gasteiger charge is 2.30. The number of halogens is 3. The van der Waals surface area contributed by atoms with Crippen molar-refractivity contribution in [1.29, 1.82) is 0 Å². The van der Waals surface area contributed by atoms with Gasteiger partial charge < -0.3 is 5.32 Å². The Hall–Kier alpha value is -1.21. The number of benzene rings is 1. The predicted octanol–water partition coefficient (Wildman–Crippen LogP) is 0.415. The molecule has 138 valence electrons. The number of likely N-dealkylation sites (N-methyl/N-ethyl adjacent to an activating group) is 1. The first-order valence-corrected chi connectivity index (χ1v) is 9.81. The van der Waals surface area contributed by atoms with Crippen molar-refractivity contribution in [2.75, 3.05) is 26.2 Å². The van der Waals surface area contributed by atoms with Crippen molar-refractivity contribution in [3.05, 3.63) is 24.3 Å². The molecule has 0 spiro atoms. The summed E-state index contributed by atoms with van der Waals surface area (Å²) in [4.78, 5) is -0.646. The normalized spacial score (nSPS) is 13.2. The standard InChI is InChI=1S/C12H18F3N3O4S2/c1-2-16-7-8-17-23(19,20)10-3-5-11(6-4-10)24(21,22)18-9-12(13,14)15/h3-6,16-18H,2,7-9H2,1H3. The lowest BCUT2D eigenvalue weighted by atomic mass is 10.4. The number of nitrogens with one attached hydrogen (secondary N) is 3. The van der Waals surface area contributed by atoms with Gasteiger partial charge in [-0.25, -0.2) is 26.3 Å². The fourth-order valence-electron chi connectivity index (χ4n) is 1.59. The molecular weight excluding hydrogens is 371 g/mol. The summed E-state index contributed by atoms with van der Waals surface area (Å²) in [6, 6.07) is 3.88. The van der Waals surface area contributed by atoms with E-state index in [1.165, 1.54) is 4.72 Å². The minimum atomic E-state index is -4.69. The largest absolute Gasteiger partial charge is 0.402 e. The van der Waals surface area contributed by atoms with Crippen molar-refractivity contribution < 1.29 is 30.0 Å². The highest BCUT2D eigenvalue weighted by Crippen LogP contribution is 2.17. The Morgan fingerprint density at radius 1 is 0.875 bits per heavy atom. The molecule has 7 nitrogen and oxygen atoms in total. The van der Waals surface area contributed by atoms with E-state index in [1.54, 1.807) is 0 Å². The zero-order valence-electron chi connectivity index (χ0n) is 12.7. The average molecular weight is 389 g/mol. The summed E-state index contributed by atoms with van der Waals surface area (Å²) in [5.74, 6) is 0. The van der Waals surface area contributed by atoms with Crippen LogP contribution in [0, 0.1) is 0 Å². The minimum Gasteiger partial charge on any atom is -0.316 e. The van der Waals surface area contributed by atoms with Crippen LogP contribution in [-0.2, 0) is 20.0 Å². The van der Waals surface area contributed by atoms with Gasteiger partial charge in [-0.05, 0) is 30.8 Å². The van der Waals surface area contributed by atoms with E-state index in [1.807, 2.05) is 6.92 Å². The Labute approximate surface area is 138 Å². The summed E-state index contributed by atoms with van der Waals surface area (Å²) < 4.78 is 87.3. The van der Waals surface area contributed by atoms with Gasteiger partial charge >= 0.3 is 6.18 Å². The van der Waals surface area contributed by atoms with Crippen molar-refractivity contribution in [3.8, 4) is 0 Å². The van der Waals surface area contributed by atoms with Gasteiger partial charge in [-0.1, -0.05) is 6.92 Å². The molecule has 12 heteroatoms. The Kier molecular flexibility index (Phi) is 7.16. The summed E-state index contributed by atoms with van der Waals surface area (Å²) in [6.45, 7) is 1.40. The molecule has 0 heterocycles. The lowest BCUT2D eigenvalue weighted by Crippen LogP contribution is -2.34. The van der Waals surface area contributed by atoms with Crippen molar-refractivity contribution in [2.45, 2.75) is 22.9 Å². The fourth-order valence-corrected chi connectivity index (χ4v) is 3.64. The molecule has 0 fully saturated rings. The highest BCUT2D eigenvalue weighted by molar-refractivity contribution is 7.90. The second-order valence-corrected chi connectivity index (χ2v) is 8.20. The molecule has 0 aliphatic rings. The SMILES string of the molecule is CCNCCNS(=O)(=O)c1ccc(S(=O)(=O)NCC(F)(F)F)cc1. The number of rotatable bonds is 9. The summed E-state index contributed by atoms with van der Waals surface area (Å²) in [7, 11) is -8.20. The topological polar surface area (TPSA) is 104 Å². The van der Waals surface area contributed by atoms with Crippen LogP contribution < -0.4 is 14.8 Å². The summed E-state index contributed by atoms with van der Waals surface area (Å²) >= 11 is 0. The van der Waals surface area contributed by atoms with Crippen LogP contribution in [0.5, 0.6) is 0 Å². The van der Waals surface area contributed by atoms with E-state index in [-0.39, 0.29) is 11.4 Å². The second-order valence-electron chi connectivity index (χ2n) is 4.66. The molecule has 0 bridgehead atoms. The third-order valence-electron chi connectivity index (χ3n) is 2.75. The van der Waals surface area contributed by atoms with Crippen LogP contribution >= 0.6 is 0 Å². The minimum absolute atomic E-state index is 0.142. The molecule has 1 aromatic carbocycles. The van der Waals surface area contributed by atoms with Gasteiger partial charge in [0.2, 0.25) is 20.0 Å². The molecule has 3 N–H and O–H groups in total. The lowest BCUT2D eigenvalue weighted by molar-refractivity contribution is -0.121. The van der Waals surface area contributed by atoms with Crippen LogP contribution in [0.25, 0.3) is 0 Å². The van der Waals surface area contributed by atoms with Crippen LogP contribution in [0.3, 0.4) is 0 Å². The van der Waals surface area contributed by atoms with Crippen molar-refractivity contribution in [1.82, 2.24) is 14.8 Å². The highest BCUT2D eigenvalue weighted by atomic mass is 32.2. The molecule has 0 aliphatic heterocycles. The first kappa shape index (κ1) is 20.8. The van der Waals surface area contributed by atoms with Crippen molar-refractivity contribution >= 4 is 20.0 Å². The van der Waals surface area contributed by atoms with Gasteiger partial charge in [0, 0.05) is 13.1 Å². The number of alkyl halides is 3. The maximum Gasteiger partial charge on any atom is 0.402 e. The molecule has 24 heavy (non-hydrogen) atoms. The smallest absolute Gasteiger partial charge is 0.316 e.